The van der Waals surface area contributed by atoms with E-state index < -0.39 is 10.0 Å². The van der Waals surface area contributed by atoms with Crippen LogP contribution in [0.3, 0.4) is 0 Å². The molecule has 236 valence electrons. The van der Waals surface area contributed by atoms with Gasteiger partial charge in [0.15, 0.2) is 0 Å². The Labute approximate surface area is 251 Å². The fourth-order valence-electron chi connectivity index (χ4n) is 4.80. The van der Waals surface area contributed by atoms with Gasteiger partial charge in [-0.15, -0.1) is 0 Å². The van der Waals surface area contributed by atoms with Gasteiger partial charge >= 0.3 is 0 Å². The molecule has 1 aromatic carbocycles. The van der Waals surface area contributed by atoms with Gasteiger partial charge in [-0.2, -0.15) is 4.31 Å². The molecule has 0 unspecified atom stereocenters. The molecule has 0 radical (unpaired) electrons. The molecule has 41 heavy (non-hydrogen) atoms. The predicted molar refractivity (Wildman–Crippen MR) is 170 cm³/mol. The largest absolute Gasteiger partial charge is 0.356 e. The lowest BCUT2D eigenvalue weighted by Crippen LogP contribution is -2.33. The Morgan fingerprint density at radius 2 is 1.02 bits per heavy atom. The number of benzene rings is 1. The molecule has 0 bridgehead atoms. The van der Waals surface area contributed by atoms with E-state index in [0.717, 1.165) is 82.9 Å². The van der Waals surface area contributed by atoms with Gasteiger partial charge in [0.25, 0.3) is 0 Å². The molecule has 0 aromatic heterocycles. The highest BCUT2D eigenvalue weighted by molar-refractivity contribution is 7.89. The van der Waals surface area contributed by atoms with Crippen molar-refractivity contribution in [2.24, 2.45) is 0 Å². The summed E-state index contributed by atoms with van der Waals surface area (Å²) in [4.78, 5) is 24.6. The Hall–Kier alpha value is -1.93. The van der Waals surface area contributed by atoms with E-state index in [1.165, 1.54) is 38.5 Å². The number of hydrogen-bond donors (Lipinski definition) is 2. The normalized spacial score (nSPS) is 11.6. The number of aryl methyl sites for hydroxylation is 1. The molecule has 2 N–H and O–H groups in total. The molecule has 0 heterocycles. The van der Waals surface area contributed by atoms with Gasteiger partial charge in [0.05, 0.1) is 4.90 Å². The second-order valence-electron chi connectivity index (χ2n) is 11.4. The lowest BCUT2D eigenvalue weighted by Gasteiger charge is -2.22. The maximum absolute atomic E-state index is 13.4. The van der Waals surface area contributed by atoms with Crippen molar-refractivity contribution in [1.29, 1.82) is 0 Å². The molecule has 0 aliphatic heterocycles. The Morgan fingerprint density at radius 3 is 1.46 bits per heavy atom. The highest BCUT2D eigenvalue weighted by Gasteiger charge is 2.23. The van der Waals surface area contributed by atoms with Crippen LogP contribution in [0.15, 0.2) is 29.2 Å². The minimum absolute atomic E-state index is 0.0881. The third kappa shape index (κ3) is 18.3. The van der Waals surface area contributed by atoms with Crippen molar-refractivity contribution in [3.63, 3.8) is 0 Å². The molecule has 7 nitrogen and oxygen atoms in total. The predicted octanol–water partition coefficient (Wildman–Crippen LogP) is 7.28. The van der Waals surface area contributed by atoms with Crippen LogP contribution >= 0.6 is 0 Å². The summed E-state index contributed by atoms with van der Waals surface area (Å²) in [6.45, 7) is 8.69. The van der Waals surface area contributed by atoms with E-state index in [1.54, 1.807) is 16.4 Å². The number of rotatable bonds is 26. The van der Waals surface area contributed by atoms with Gasteiger partial charge in [0.1, 0.15) is 0 Å². The van der Waals surface area contributed by atoms with Crippen molar-refractivity contribution >= 4 is 21.8 Å². The fourth-order valence-corrected chi connectivity index (χ4v) is 6.32. The zero-order chi connectivity index (χ0) is 30.2. The fraction of sp³-hybridized carbons (Fsp3) is 0.758. The third-order valence-electron chi connectivity index (χ3n) is 7.49. The Balaban J connectivity index is 2.41. The van der Waals surface area contributed by atoms with Crippen LogP contribution < -0.4 is 10.6 Å². The molecular weight excluding hydrogens is 534 g/mol. The molecule has 1 aromatic rings. The number of amides is 2. The Morgan fingerprint density at radius 1 is 0.610 bits per heavy atom. The average Bonchev–Trinajstić information content (AvgIpc) is 2.95. The number of sulfonamides is 1. The summed E-state index contributed by atoms with van der Waals surface area (Å²) in [5.74, 6) is 0.176. The van der Waals surface area contributed by atoms with E-state index in [2.05, 4.69) is 24.5 Å². The maximum atomic E-state index is 13.4. The molecule has 8 heteroatoms. The summed E-state index contributed by atoms with van der Waals surface area (Å²) in [6.07, 6.45) is 17.3. The first-order valence-corrected chi connectivity index (χ1v) is 17.9. The van der Waals surface area contributed by atoms with Crippen LogP contribution in [0.4, 0.5) is 0 Å². The van der Waals surface area contributed by atoms with Crippen molar-refractivity contribution in [3.05, 3.63) is 29.8 Å². The smallest absolute Gasteiger partial charge is 0.243 e. The zero-order valence-corrected chi connectivity index (χ0v) is 27.2. The number of nitrogens with zero attached hydrogens (tertiary/aromatic N) is 1. The number of nitrogens with one attached hydrogen (secondary N) is 2. The van der Waals surface area contributed by atoms with Crippen LogP contribution in [-0.4, -0.2) is 50.7 Å². The van der Waals surface area contributed by atoms with Gasteiger partial charge in [-0.05, 0) is 57.6 Å². The van der Waals surface area contributed by atoms with E-state index >= 15 is 0 Å². The molecule has 0 saturated carbocycles. The highest BCUT2D eigenvalue weighted by Crippen LogP contribution is 2.19. The van der Waals surface area contributed by atoms with Gasteiger partial charge in [0.2, 0.25) is 21.8 Å². The first-order chi connectivity index (χ1) is 19.8. The molecule has 0 fully saturated rings. The monoisotopic (exact) mass is 593 g/mol. The van der Waals surface area contributed by atoms with Gasteiger partial charge < -0.3 is 10.6 Å². The molecule has 0 saturated heterocycles. The molecule has 0 aliphatic carbocycles. The zero-order valence-electron chi connectivity index (χ0n) is 26.4. The van der Waals surface area contributed by atoms with Gasteiger partial charge in [-0.25, -0.2) is 8.42 Å². The lowest BCUT2D eigenvalue weighted by atomic mass is 10.1. The van der Waals surface area contributed by atoms with Crippen LogP contribution in [0.5, 0.6) is 0 Å². The summed E-state index contributed by atoms with van der Waals surface area (Å²) in [6, 6.07) is 7.01. The minimum Gasteiger partial charge on any atom is -0.356 e. The SMILES string of the molecule is CCCCCCCNC(=O)CCCCCN(CCCCCC(=O)NCCCCCCC)S(=O)(=O)c1ccc(C)cc1. The van der Waals surface area contributed by atoms with Crippen LogP contribution in [-0.2, 0) is 19.6 Å². The quantitative estimate of drug-likeness (QED) is 0.110. The van der Waals surface area contributed by atoms with Crippen molar-refractivity contribution in [1.82, 2.24) is 14.9 Å². The summed E-state index contributed by atoms with van der Waals surface area (Å²) in [7, 11) is -3.59. The molecule has 0 aliphatic rings. The van der Waals surface area contributed by atoms with E-state index in [4.69, 9.17) is 0 Å². The number of unbranched alkanes of at least 4 members (excludes halogenated alkanes) is 12. The highest BCUT2D eigenvalue weighted by atomic mass is 32.2. The number of carbonyl (C=O) groups is 2. The van der Waals surface area contributed by atoms with Crippen LogP contribution in [0.2, 0.25) is 0 Å². The lowest BCUT2D eigenvalue weighted by molar-refractivity contribution is -0.122. The standard InChI is InChI=1S/C33H59N3O4S/c1-4-6-8-10-16-26-34-32(37)20-14-12-18-28-36(41(39,40)31-24-22-30(3)23-25-31)29-19-13-15-21-33(38)35-27-17-11-9-7-5-2/h22-25H,4-21,26-29H2,1-3H3,(H,34,37)(H,35,38). The van der Waals surface area contributed by atoms with Crippen molar-refractivity contribution in [2.75, 3.05) is 26.2 Å². The van der Waals surface area contributed by atoms with Gasteiger partial charge in [-0.1, -0.05) is 95.8 Å². The van der Waals surface area contributed by atoms with E-state index in [-0.39, 0.29) is 11.8 Å². The molecule has 1 rings (SSSR count). The maximum Gasteiger partial charge on any atom is 0.243 e. The topological polar surface area (TPSA) is 95.6 Å². The summed E-state index contributed by atoms with van der Waals surface area (Å²) in [5, 5.41) is 6.01. The summed E-state index contributed by atoms with van der Waals surface area (Å²) < 4.78 is 28.4. The average molecular weight is 594 g/mol. The summed E-state index contributed by atoms with van der Waals surface area (Å²) >= 11 is 0. The second kappa shape index (κ2) is 23.6. The molecular formula is C33H59N3O4S. The van der Waals surface area contributed by atoms with E-state index in [0.29, 0.717) is 30.8 Å². The van der Waals surface area contributed by atoms with E-state index in [1.807, 2.05) is 19.1 Å². The van der Waals surface area contributed by atoms with Crippen LogP contribution in [0.25, 0.3) is 0 Å². The van der Waals surface area contributed by atoms with Crippen molar-refractivity contribution < 1.29 is 18.0 Å². The first kappa shape index (κ1) is 37.1. The Kier molecular flexibility index (Phi) is 21.4. The molecule has 0 atom stereocenters. The molecule has 0 spiro atoms. The van der Waals surface area contributed by atoms with E-state index in [9.17, 15) is 18.0 Å². The minimum atomic E-state index is -3.59. The van der Waals surface area contributed by atoms with Crippen LogP contribution in [0, 0.1) is 6.92 Å². The van der Waals surface area contributed by atoms with Crippen molar-refractivity contribution in [3.8, 4) is 0 Å². The van der Waals surface area contributed by atoms with Gasteiger partial charge in [0, 0.05) is 39.0 Å². The van der Waals surface area contributed by atoms with Gasteiger partial charge in [-0.3, -0.25) is 9.59 Å². The number of hydrogen-bond acceptors (Lipinski definition) is 4. The van der Waals surface area contributed by atoms with Crippen LogP contribution in [0.1, 0.15) is 135 Å². The summed E-state index contributed by atoms with van der Waals surface area (Å²) in [5.41, 5.74) is 1.02. The number of carbonyl (C=O) groups excluding carboxylic acids is 2. The second-order valence-corrected chi connectivity index (χ2v) is 13.3. The molecule has 2 amide bonds. The third-order valence-corrected chi connectivity index (χ3v) is 9.40. The van der Waals surface area contributed by atoms with Crippen molar-refractivity contribution in [2.45, 2.75) is 141 Å². The first-order valence-electron chi connectivity index (χ1n) is 16.4. The Bertz CT molecular complexity index is 881.